The zero-order valence-electron chi connectivity index (χ0n) is 10.1. The zero-order chi connectivity index (χ0) is 13.2. The van der Waals surface area contributed by atoms with Crippen molar-refractivity contribution in [1.82, 2.24) is 0 Å². The van der Waals surface area contributed by atoms with E-state index in [1.165, 1.54) is 0 Å². The maximum absolute atomic E-state index is 11.9. The molecule has 1 atom stereocenters. The van der Waals surface area contributed by atoms with E-state index in [0.29, 0.717) is 17.2 Å². The second-order valence-corrected chi connectivity index (χ2v) is 4.83. The average molecular weight is 274 g/mol. The fourth-order valence-electron chi connectivity index (χ4n) is 2.13. The molecule has 96 valence electrons. The van der Waals surface area contributed by atoms with Crippen LogP contribution in [-0.4, -0.2) is 12.6 Å². The Balaban J connectivity index is 1.94. The SMILES string of the molecule is O=C1OCC(c2ccc(Cl)cc2)Nc2ccccc21. The number of carbonyl (C=O) groups excluding carboxylic acids is 1. The molecule has 0 bridgehead atoms. The van der Waals surface area contributed by atoms with Gasteiger partial charge in [-0.1, -0.05) is 35.9 Å². The Hall–Kier alpha value is -2.00. The number of hydrogen-bond donors (Lipinski definition) is 1. The van der Waals surface area contributed by atoms with Gasteiger partial charge in [-0.25, -0.2) is 4.79 Å². The molecule has 2 aromatic rings. The monoisotopic (exact) mass is 273 g/mol. The van der Waals surface area contributed by atoms with Crippen LogP contribution in [0.3, 0.4) is 0 Å². The smallest absolute Gasteiger partial charge is 0.340 e. The summed E-state index contributed by atoms with van der Waals surface area (Å²) in [6, 6.07) is 14.8. The Morgan fingerprint density at radius 3 is 2.63 bits per heavy atom. The molecule has 3 rings (SSSR count). The van der Waals surface area contributed by atoms with Gasteiger partial charge in [-0.15, -0.1) is 0 Å². The molecule has 19 heavy (non-hydrogen) atoms. The van der Waals surface area contributed by atoms with Crippen LogP contribution in [0.5, 0.6) is 0 Å². The molecule has 0 saturated heterocycles. The van der Waals surface area contributed by atoms with Crippen molar-refractivity contribution in [3.05, 3.63) is 64.7 Å². The van der Waals surface area contributed by atoms with E-state index in [0.717, 1.165) is 11.3 Å². The minimum Gasteiger partial charge on any atom is -0.459 e. The van der Waals surface area contributed by atoms with Crippen molar-refractivity contribution < 1.29 is 9.53 Å². The quantitative estimate of drug-likeness (QED) is 0.806. The summed E-state index contributed by atoms with van der Waals surface area (Å²) in [4.78, 5) is 11.9. The lowest BCUT2D eigenvalue weighted by molar-refractivity contribution is 0.0500. The van der Waals surface area contributed by atoms with Gasteiger partial charge in [0.1, 0.15) is 6.61 Å². The highest BCUT2D eigenvalue weighted by Crippen LogP contribution is 2.27. The summed E-state index contributed by atoms with van der Waals surface area (Å²) in [5.74, 6) is -0.292. The van der Waals surface area contributed by atoms with Gasteiger partial charge in [-0.3, -0.25) is 0 Å². The summed E-state index contributed by atoms with van der Waals surface area (Å²) >= 11 is 5.88. The Morgan fingerprint density at radius 1 is 1.11 bits per heavy atom. The molecule has 4 heteroatoms. The van der Waals surface area contributed by atoms with E-state index in [2.05, 4.69) is 5.32 Å². The van der Waals surface area contributed by atoms with E-state index in [-0.39, 0.29) is 12.0 Å². The van der Waals surface area contributed by atoms with Gasteiger partial charge in [0, 0.05) is 10.7 Å². The predicted molar refractivity (Wildman–Crippen MR) is 74.5 cm³/mol. The van der Waals surface area contributed by atoms with Crippen LogP contribution >= 0.6 is 11.6 Å². The lowest BCUT2D eigenvalue weighted by Crippen LogP contribution is -2.15. The minimum absolute atomic E-state index is 0.0649. The molecule has 0 radical (unpaired) electrons. The number of cyclic esters (lactones) is 1. The summed E-state index contributed by atoms with van der Waals surface area (Å²) in [5.41, 5.74) is 2.40. The van der Waals surface area contributed by atoms with Gasteiger partial charge < -0.3 is 10.1 Å². The van der Waals surface area contributed by atoms with Crippen LogP contribution in [0.25, 0.3) is 0 Å². The Kier molecular flexibility index (Phi) is 3.13. The van der Waals surface area contributed by atoms with Gasteiger partial charge in [0.05, 0.1) is 11.6 Å². The van der Waals surface area contributed by atoms with Crippen LogP contribution in [0.4, 0.5) is 5.69 Å². The van der Waals surface area contributed by atoms with Crippen molar-refractivity contribution in [3.8, 4) is 0 Å². The molecule has 0 amide bonds. The fourth-order valence-corrected chi connectivity index (χ4v) is 2.25. The van der Waals surface area contributed by atoms with Crippen molar-refractivity contribution in [2.45, 2.75) is 6.04 Å². The molecule has 0 aliphatic carbocycles. The molecule has 1 aliphatic heterocycles. The highest BCUT2D eigenvalue weighted by molar-refractivity contribution is 6.30. The molecule has 3 nitrogen and oxygen atoms in total. The van der Waals surface area contributed by atoms with Gasteiger partial charge >= 0.3 is 5.97 Å². The summed E-state index contributed by atoms with van der Waals surface area (Å²) in [6.45, 7) is 0.301. The maximum atomic E-state index is 11.9. The molecule has 1 unspecified atom stereocenters. The summed E-state index contributed by atoms with van der Waals surface area (Å²) in [5, 5.41) is 4.03. The van der Waals surface area contributed by atoms with E-state index in [4.69, 9.17) is 16.3 Å². The minimum atomic E-state index is -0.292. The fraction of sp³-hybridized carbons (Fsp3) is 0.133. The van der Waals surface area contributed by atoms with Gasteiger partial charge in [-0.2, -0.15) is 0 Å². The van der Waals surface area contributed by atoms with E-state index in [1.54, 1.807) is 6.07 Å². The number of rotatable bonds is 1. The Morgan fingerprint density at radius 2 is 1.84 bits per heavy atom. The number of nitrogens with one attached hydrogen (secondary N) is 1. The topological polar surface area (TPSA) is 38.3 Å². The number of ether oxygens (including phenoxy) is 1. The lowest BCUT2D eigenvalue weighted by Gasteiger charge is -2.17. The third-order valence-electron chi connectivity index (χ3n) is 3.13. The van der Waals surface area contributed by atoms with E-state index in [1.807, 2.05) is 42.5 Å². The number of fused-ring (bicyclic) bond motifs is 1. The number of carbonyl (C=O) groups is 1. The molecule has 0 fully saturated rings. The highest BCUT2D eigenvalue weighted by Gasteiger charge is 2.22. The Bertz CT molecular complexity index is 610. The first kappa shape index (κ1) is 12.1. The van der Waals surface area contributed by atoms with Crippen molar-refractivity contribution in [3.63, 3.8) is 0 Å². The van der Waals surface area contributed by atoms with Gasteiger partial charge in [0.25, 0.3) is 0 Å². The van der Waals surface area contributed by atoms with Crippen LogP contribution < -0.4 is 5.32 Å². The molecule has 1 heterocycles. The molecular formula is C15H12ClNO2. The van der Waals surface area contributed by atoms with Crippen LogP contribution in [-0.2, 0) is 4.74 Å². The number of benzene rings is 2. The summed E-state index contributed by atoms with van der Waals surface area (Å²) in [6.07, 6.45) is 0. The van der Waals surface area contributed by atoms with Crippen molar-refractivity contribution in [2.75, 3.05) is 11.9 Å². The molecule has 2 aromatic carbocycles. The normalized spacial score (nSPS) is 17.9. The first-order valence-corrected chi connectivity index (χ1v) is 6.40. The van der Waals surface area contributed by atoms with Gasteiger partial charge in [0.15, 0.2) is 0 Å². The van der Waals surface area contributed by atoms with E-state index in [9.17, 15) is 4.79 Å². The molecule has 0 saturated carbocycles. The Labute approximate surface area is 116 Å². The number of anilines is 1. The van der Waals surface area contributed by atoms with Crippen molar-refractivity contribution in [2.24, 2.45) is 0 Å². The molecule has 1 N–H and O–H groups in total. The first-order valence-electron chi connectivity index (χ1n) is 6.02. The summed E-state index contributed by atoms with van der Waals surface area (Å²) < 4.78 is 5.29. The summed E-state index contributed by atoms with van der Waals surface area (Å²) in [7, 11) is 0. The number of hydrogen-bond acceptors (Lipinski definition) is 3. The molecule has 1 aliphatic rings. The molecular weight excluding hydrogens is 262 g/mol. The number of esters is 1. The number of halogens is 1. The third kappa shape index (κ3) is 2.42. The van der Waals surface area contributed by atoms with Crippen LogP contribution in [0, 0.1) is 0 Å². The van der Waals surface area contributed by atoms with Crippen LogP contribution in [0.1, 0.15) is 22.0 Å². The van der Waals surface area contributed by atoms with Crippen LogP contribution in [0.15, 0.2) is 48.5 Å². The van der Waals surface area contributed by atoms with E-state index < -0.39 is 0 Å². The molecule has 0 spiro atoms. The van der Waals surface area contributed by atoms with Crippen molar-refractivity contribution in [1.29, 1.82) is 0 Å². The standard InChI is InChI=1S/C15H12ClNO2/c16-11-7-5-10(6-8-11)14-9-19-15(18)12-3-1-2-4-13(12)17-14/h1-8,14,17H,9H2. The van der Waals surface area contributed by atoms with Crippen molar-refractivity contribution >= 4 is 23.3 Å². The van der Waals surface area contributed by atoms with Gasteiger partial charge in [0.2, 0.25) is 0 Å². The second-order valence-electron chi connectivity index (χ2n) is 4.39. The number of para-hydroxylation sites is 1. The van der Waals surface area contributed by atoms with Gasteiger partial charge in [-0.05, 0) is 29.8 Å². The molecule has 0 aromatic heterocycles. The third-order valence-corrected chi connectivity index (χ3v) is 3.38. The van der Waals surface area contributed by atoms with Crippen LogP contribution in [0.2, 0.25) is 5.02 Å². The second kappa shape index (κ2) is 4.94. The van der Waals surface area contributed by atoms with E-state index >= 15 is 0 Å². The zero-order valence-corrected chi connectivity index (χ0v) is 10.9. The lowest BCUT2D eigenvalue weighted by atomic mass is 10.1. The predicted octanol–water partition coefficient (Wildman–Crippen LogP) is 3.66. The largest absolute Gasteiger partial charge is 0.459 e. The first-order chi connectivity index (χ1) is 9.24. The highest BCUT2D eigenvalue weighted by atomic mass is 35.5. The average Bonchev–Trinajstić information content (AvgIpc) is 2.60. The maximum Gasteiger partial charge on any atom is 0.340 e.